The first-order valence-corrected chi connectivity index (χ1v) is 6.07. The molecule has 3 N–H and O–H groups in total. The highest BCUT2D eigenvalue weighted by Gasteiger charge is 2.30. The SMILES string of the molecule is c1nc2c([nH]1)CNC(c1nc(C3CC3)n[nH]1)C2. The van der Waals surface area contributed by atoms with Crippen molar-refractivity contribution in [2.24, 2.45) is 0 Å². The fraction of sp³-hybridized carbons (Fsp3) is 0.545. The predicted octanol–water partition coefficient (Wildman–Crippen LogP) is 0.792. The first kappa shape index (κ1) is 9.35. The van der Waals surface area contributed by atoms with E-state index < -0.39 is 0 Å². The van der Waals surface area contributed by atoms with E-state index in [1.54, 1.807) is 6.33 Å². The molecule has 2 aromatic heterocycles. The summed E-state index contributed by atoms with van der Waals surface area (Å²) in [4.78, 5) is 12.1. The van der Waals surface area contributed by atoms with Gasteiger partial charge in [0.15, 0.2) is 5.82 Å². The molecule has 1 fully saturated rings. The zero-order valence-corrected chi connectivity index (χ0v) is 9.40. The van der Waals surface area contributed by atoms with Crippen LogP contribution in [0.3, 0.4) is 0 Å². The molecule has 17 heavy (non-hydrogen) atoms. The highest BCUT2D eigenvalue weighted by Crippen LogP contribution is 2.38. The maximum atomic E-state index is 4.59. The largest absolute Gasteiger partial charge is 0.347 e. The van der Waals surface area contributed by atoms with E-state index in [4.69, 9.17) is 0 Å². The number of imidazole rings is 1. The molecule has 1 unspecified atom stereocenters. The summed E-state index contributed by atoms with van der Waals surface area (Å²) in [5.41, 5.74) is 2.32. The lowest BCUT2D eigenvalue weighted by molar-refractivity contribution is 0.469. The van der Waals surface area contributed by atoms with Gasteiger partial charge in [0.05, 0.1) is 23.8 Å². The van der Waals surface area contributed by atoms with Gasteiger partial charge in [0, 0.05) is 18.9 Å². The van der Waals surface area contributed by atoms with Crippen molar-refractivity contribution in [1.29, 1.82) is 0 Å². The van der Waals surface area contributed by atoms with E-state index in [0.717, 1.165) is 30.3 Å². The van der Waals surface area contributed by atoms with Crippen molar-refractivity contribution >= 4 is 0 Å². The lowest BCUT2D eigenvalue weighted by atomic mass is 10.1. The molecule has 6 heteroatoms. The van der Waals surface area contributed by atoms with Crippen LogP contribution >= 0.6 is 0 Å². The number of rotatable bonds is 2. The van der Waals surface area contributed by atoms with E-state index in [1.165, 1.54) is 18.5 Å². The molecule has 0 bridgehead atoms. The van der Waals surface area contributed by atoms with Crippen LogP contribution in [0.4, 0.5) is 0 Å². The van der Waals surface area contributed by atoms with Gasteiger partial charge in [0.2, 0.25) is 0 Å². The summed E-state index contributed by atoms with van der Waals surface area (Å²) in [6, 6.07) is 0.214. The third-order valence-corrected chi connectivity index (χ3v) is 3.52. The topological polar surface area (TPSA) is 82.3 Å². The Kier molecular flexibility index (Phi) is 1.87. The molecular weight excluding hydrogens is 216 g/mol. The molecule has 4 rings (SSSR count). The van der Waals surface area contributed by atoms with Crippen LogP contribution in [0.1, 0.15) is 47.8 Å². The molecular formula is C11H14N6. The van der Waals surface area contributed by atoms with Crippen molar-refractivity contribution in [3.63, 3.8) is 0 Å². The molecule has 1 atom stereocenters. The van der Waals surface area contributed by atoms with Crippen LogP contribution < -0.4 is 5.32 Å². The van der Waals surface area contributed by atoms with Gasteiger partial charge < -0.3 is 10.3 Å². The van der Waals surface area contributed by atoms with Crippen LogP contribution in [0.15, 0.2) is 6.33 Å². The average molecular weight is 230 g/mol. The van der Waals surface area contributed by atoms with Crippen LogP contribution in [0.2, 0.25) is 0 Å². The Morgan fingerprint density at radius 3 is 3.12 bits per heavy atom. The number of hydrogen-bond donors (Lipinski definition) is 3. The zero-order chi connectivity index (χ0) is 11.2. The number of H-pyrrole nitrogens is 2. The molecule has 3 heterocycles. The van der Waals surface area contributed by atoms with Gasteiger partial charge >= 0.3 is 0 Å². The molecule has 0 saturated heterocycles. The first-order valence-electron chi connectivity index (χ1n) is 6.07. The van der Waals surface area contributed by atoms with E-state index in [2.05, 4.69) is 30.5 Å². The van der Waals surface area contributed by atoms with E-state index in [-0.39, 0.29) is 6.04 Å². The van der Waals surface area contributed by atoms with Gasteiger partial charge in [-0.25, -0.2) is 9.97 Å². The Bertz CT molecular complexity index is 538. The van der Waals surface area contributed by atoms with E-state index in [0.29, 0.717) is 5.92 Å². The van der Waals surface area contributed by atoms with Gasteiger partial charge in [-0.05, 0) is 12.8 Å². The minimum absolute atomic E-state index is 0.214. The van der Waals surface area contributed by atoms with Crippen LogP contribution in [0.5, 0.6) is 0 Å². The maximum Gasteiger partial charge on any atom is 0.153 e. The third-order valence-electron chi connectivity index (χ3n) is 3.52. The Balaban J connectivity index is 1.58. The van der Waals surface area contributed by atoms with Crippen molar-refractivity contribution in [2.45, 2.75) is 37.8 Å². The lowest BCUT2D eigenvalue weighted by Crippen LogP contribution is -2.29. The summed E-state index contributed by atoms with van der Waals surface area (Å²) in [6.07, 6.45) is 5.10. The van der Waals surface area contributed by atoms with Crippen LogP contribution in [-0.4, -0.2) is 25.1 Å². The van der Waals surface area contributed by atoms with Crippen LogP contribution in [-0.2, 0) is 13.0 Å². The van der Waals surface area contributed by atoms with E-state index >= 15 is 0 Å². The van der Waals surface area contributed by atoms with Crippen molar-refractivity contribution < 1.29 is 0 Å². The van der Waals surface area contributed by atoms with Crippen LogP contribution in [0, 0.1) is 0 Å². The van der Waals surface area contributed by atoms with Crippen molar-refractivity contribution in [3.8, 4) is 0 Å². The molecule has 1 saturated carbocycles. The van der Waals surface area contributed by atoms with Gasteiger partial charge in [-0.3, -0.25) is 5.10 Å². The molecule has 1 aliphatic carbocycles. The molecule has 88 valence electrons. The molecule has 6 nitrogen and oxygen atoms in total. The number of hydrogen-bond acceptors (Lipinski definition) is 4. The molecule has 0 radical (unpaired) electrons. The van der Waals surface area contributed by atoms with Gasteiger partial charge in [0.25, 0.3) is 0 Å². The highest BCUT2D eigenvalue weighted by molar-refractivity contribution is 5.18. The van der Waals surface area contributed by atoms with Crippen molar-refractivity contribution in [2.75, 3.05) is 0 Å². The fourth-order valence-corrected chi connectivity index (χ4v) is 2.33. The third kappa shape index (κ3) is 1.56. The maximum absolute atomic E-state index is 4.59. The van der Waals surface area contributed by atoms with Gasteiger partial charge in [-0.15, -0.1) is 0 Å². The normalized spacial score (nSPS) is 23.6. The van der Waals surface area contributed by atoms with E-state index in [1.807, 2.05) is 0 Å². The van der Waals surface area contributed by atoms with Crippen molar-refractivity contribution in [1.82, 2.24) is 30.5 Å². The Hall–Kier alpha value is -1.69. The molecule has 0 spiro atoms. The number of fused-ring (bicyclic) bond motifs is 1. The lowest BCUT2D eigenvalue weighted by Gasteiger charge is -2.20. The second-order valence-electron chi connectivity index (χ2n) is 4.82. The Labute approximate surface area is 98.3 Å². The number of aromatic nitrogens is 5. The monoisotopic (exact) mass is 230 g/mol. The fourth-order valence-electron chi connectivity index (χ4n) is 2.33. The quantitative estimate of drug-likeness (QED) is 0.712. The molecule has 2 aromatic rings. The highest BCUT2D eigenvalue weighted by atomic mass is 15.2. The second-order valence-corrected chi connectivity index (χ2v) is 4.82. The standard InChI is InChI=1S/C11H14N6/c1-2-6(1)10-15-11(17-16-10)8-3-7-9(4-12-8)14-5-13-7/h5-6,8,12H,1-4H2,(H,13,14)(H,15,16,17). The summed E-state index contributed by atoms with van der Waals surface area (Å²) >= 11 is 0. The molecule has 2 aliphatic rings. The Morgan fingerprint density at radius 1 is 1.29 bits per heavy atom. The predicted molar refractivity (Wildman–Crippen MR) is 60.2 cm³/mol. The summed E-state index contributed by atoms with van der Waals surface area (Å²) in [6.45, 7) is 0.819. The zero-order valence-electron chi connectivity index (χ0n) is 9.40. The summed E-state index contributed by atoms with van der Waals surface area (Å²) < 4.78 is 0. The second kappa shape index (κ2) is 3.40. The minimum atomic E-state index is 0.214. The van der Waals surface area contributed by atoms with Gasteiger partial charge in [-0.2, -0.15) is 5.10 Å². The molecule has 0 amide bonds. The summed E-state index contributed by atoms with van der Waals surface area (Å²) in [5.74, 6) is 2.53. The number of aromatic amines is 2. The summed E-state index contributed by atoms with van der Waals surface area (Å²) in [7, 11) is 0. The smallest absolute Gasteiger partial charge is 0.153 e. The summed E-state index contributed by atoms with van der Waals surface area (Å²) in [5, 5.41) is 10.8. The number of nitrogens with one attached hydrogen (secondary N) is 3. The van der Waals surface area contributed by atoms with Crippen molar-refractivity contribution in [3.05, 3.63) is 29.4 Å². The molecule has 0 aromatic carbocycles. The Morgan fingerprint density at radius 2 is 2.24 bits per heavy atom. The van der Waals surface area contributed by atoms with Crippen LogP contribution in [0.25, 0.3) is 0 Å². The first-order chi connectivity index (χ1) is 8.40. The van der Waals surface area contributed by atoms with E-state index in [9.17, 15) is 0 Å². The van der Waals surface area contributed by atoms with Gasteiger partial charge in [0.1, 0.15) is 5.82 Å². The average Bonchev–Trinajstić information content (AvgIpc) is 2.93. The van der Waals surface area contributed by atoms with Gasteiger partial charge in [-0.1, -0.05) is 0 Å². The molecule has 1 aliphatic heterocycles. The number of nitrogens with zero attached hydrogens (tertiary/aromatic N) is 3. The minimum Gasteiger partial charge on any atom is -0.347 e.